The number of hydrogen-bond donors (Lipinski definition) is 1. The minimum absolute atomic E-state index is 0.288. The average molecular weight is 603 g/mol. The highest BCUT2D eigenvalue weighted by atomic mass is 35.5. The summed E-state index contributed by atoms with van der Waals surface area (Å²) in [6.07, 6.45) is 3.68. The summed E-state index contributed by atoms with van der Waals surface area (Å²) in [5.74, 6) is -0.549. The van der Waals surface area contributed by atoms with E-state index in [2.05, 4.69) is 18.9 Å². The predicted molar refractivity (Wildman–Crippen MR) is 169 cm³/mol. The van der Waals surface area contributed by atoms with E-state index in [-0.39, 0.29) is 5.82 Å². The van der Waals surface area contributed by atoms with Crippen molar-refractivity contribution in [3.63, 3.8) is 0 Å². The smallest absolute Gasteiger partial charge is 0.352 e. The van der Waals surface area contributed by atoms with Gasteiger partial charge in [-0.2, -0.15) is 5.10 Å². The number of carboxylic acids is 1. The van der Waals surface area contributed by atoms with E-state index in [0.717, 1.165) is 75.6 Å². The topological polar surface area (TPSA) is 72.5 Å². The molecule has 0 saturated carbocycles. The van der Waals surface area contributed by atoms with E-state index in [1.165, 1.54) is 12.1 Å². The van der Waals surface area contributed by atoms with E-state index >= 15 is 0 Å². The maximum atomic E-state index is 13.7. The van der Waals surface area contributed by atoms with Gasteiger partial charge in [-0.25, -0.2) is 9.18 Å². The molecule has 0 bridgehead atoms. The number of ether oxygens (including phenoxy) is 1. The Morgan fingerprint density at radius 1 is 1.07 bits per heavy atom. The number of carboxylic acid groups (broad SMARTS) is 1. The Labute approximate surface area is 255 Å². The summed E-state index contributed by atoms with van der Waals surface area (Å²) < 4.78 is 23.8. The van der Waals surface area contributed by atoms with Crippen LogP contribution in [0.25, 0.3) is 32.8 Å². The van der Waals surface area contributed by atoms with Crippen molar-refractivity contribution in [2.24, 2.45) is 7.05 Å². The molecule has 0 radical (unpaired) electrons. The lowest BCUT2D eigenvalue weighted by Crippen LogP contribution is -2.20. The van der Waals surface area contributed by atoms with Gasteiger partial charge in [-0.3, -0.25) is 4.68 Å². The number of benzene rings is 3. The molecular weight excluding hydrogens is 567 g/mol. The second kappa shape index (κ2) is 12.0. The molecule has 224 valence electrons. The van der Waals surface area contributed by atoms with E-state index in [1.54, 1.807) is 6.07 Å². The number of rotatable bonds is 7. The molecule has 1 N–H and O–H groups in total. The summed E-state index contributed by atoms with van der Waals surface area (Å²) in [5.41, 5.74) is 5.87. The van der Waals surface area contributed by atoms with Gasteiger partial charge in [0.1, 0.15) is 17.3 Å². The van der Waals surface area contributed by atoms with Crippen molar-refractivity contribution < 1.29 is 19.0 Å². The number of halogens is 2. The van der Waals surface area contributed by atoms with E-state index < -0.39 is 5.97 Å². The summed E-state index contributed by atoms with van der Waals surface area (Å²) in [6, 6.07) is 14.1. The van der Waals surface area contributed by atoms with Gasteiger partial charge in [0.05, 0.1) is 22.8 Å². The molecule has 3 heterocycles. The molecule has 43 heavy (non-hydrogen) atoms. The highest BCUT2D eigenvalue weighted by molar-refractivity contribution is 6.35. The monoisotopic (exact) mass is 602 g/mol. The SMILES string of the molecule is CCc1c2c(nn1C)CN(C)CCCCn1c(C(=O)O)c(CCCOc3cccc4cc(F)ccc34)c3ccc(Cl)c-2c31. The Kier molecular flexibility index (Phi) is 8.16. The first-order chi connectivity index (χ1) is 20.8. The maximum Gasteiger partial charge on any atom is 0.352 e. The standard InChI is InChI=1S/C34H36ClFN4O3/c1-4-28-31-27(37-39(28)3)20-38(2)16-5-6-17-40-32-25(14-15-26(35)30(31)32)24(33(40)34(41)42)10-8-18-43-29-11-7-9-21-19-22(36)12-13-23(21)29/h7,9,11-15,19H,4-6,8,10,16-18,20H2,1-3H3,(H,41,42). The van der Waals surface area contributed by atoms with E-state index in [1.807, 2.05) is 46.6 Å². The molecule has 0 amide bonds. The predicted octanol–water partition coefficient (Wildman–Crippen LogP) is 7.49. The lowest BCUT2D eigenvalue weighted by molar-refractivity contribution is 0.0684. The summed E-state index contributed by atoms with van der Waals surface area (Å²) in [7, 11) is 4.06. The fourth-order valence-electron chi connectivity index (χ4n) is 6.64. The number of aryl methyl sites for hydroxylation is 3. The minimum atomic E-state index is -0.945. The maximum absolute atomic E-state index is 13.7. The van der Waals surface area contributed by atoms with Crippen molar-refractivity contribution in [2.45, 2.75) is 52.1 Å². The van der Waals surface area contributed by atoms with Crippen molar-refractivity contribution >= 4 is 39.2 Å². The van der Waals surface area contributed by atoms with E-state index in [4.69, 9.17) is 21.4 Å². The van der Waals surface area contributed by atoms with Crippen LogP contribution < -0.4 is 4.74 Å². The van der Waals surface area contributed by atoms with Crippen LogP contribution in [0.3, 0.4) is 0 Å². The summed E-state index contributed by atoms with van der Waals surface area (Å²) >= 11 is 7.01. The van der Waals surface area contributed by atoms with E-state index in [9.17, 15) is 14.3 Å². The average Bonchev–Trinajstić information content (AvgIpc) is 3.45. The molecular formula is C34H36ClFN4O3. The second-order valence-corrected chi connectivity index (χ2v) is 11.8. The van der Waals surface area contributed by atoms with Crippen molar-refractivity contribution in [3.8, 4) is 16.9 Å². The first-order valence-electron chi connectivity index (χ1n) is 14.9. The zero-order chi connectivity index (χ0) is 30.2. The van der Waals surface area contributed by atoms with Crippen molar-refractivity contribution in [2.75, 3.05) is 20.2 Å². The molecule has 0 saturated heterocycles. The first kappa shape index (κ1) is 29.2. The molecule has 5 aromatic rings. The fourth-order valence-corrected chi connectivity index (χ4v) is 6.89. The molecule has 7 nitrogen and oxygen atoms in total. The lowest BCUT2D eigenvalue weighted by Gasteiger charge is -2.16. The van der Waals surface area contributed by atoms with Gasteiger partial charge >= 0.3 is 5.97 Å². The molecule has 1 aliphatic heterocycles. The Balaban J connectivity index is 1.43. The Bertz CT molecular complexity index is 1840. The Hall–Kier alpha value is -3.88. The zero-order valence-corrected chi connectivity index (χ0v) is 25.5. The molecule has 2 aromatic heterocycles. The largest absolute Gasteiger partial charge is 0.493 e. The Morgan fingerprint density at radius 2 is 1.86 bits per heavy atom. The molecule has 0 spiro atoms. The summed E-state index contributed by atoms with van der Waals surface area (Å²) in [5, 5.41) is 18.6. The van der Waals surface area contributed by atoms with Gasteiger partial charge in [-0.1, -0.05) is 36.7 Å². The molecule has 0 aliphatic carbocycles. The van der Waals surface area contributed by atoms with Crippen LogP contribution >= 0.6 is 11.6 Å². The van der Waals surface area contributed by atoms with Crippen LogP contribution in [0.2, 0.25) is 5.02 Å². The van der Waals surface area contributed by atoms with Crippen LogP contribution in [0.1, 0.15) is 53.6 Å². The quantitative estimate of drug-likeness (QED) is 0.195. The molecule has 0 unspecified atom stereocenters. The third-order valence-electron chi connectivity index (χ3n) is 8.53. The third kappa shape index (κ3) is 5.38. The number of fused-ring (bicyclic) bond motifs is 3. The van der Waals surface area contributed by atoms with Gasteiger partial charge < -0.3 is 19.3 Å². The zero-order valence-electron chi connectivity index (χ0n) is 24.8. The molecule has 1 aliphatic rings. The second-order valence-electron chi connectivity index (χ2n) is 11.4. The number of carbonyl (C=O) groups is 1. The molecule has 3 aromatic carbocycles. The van der Waals surface area contributed by atoms with Gasteiger partial charge in [-0.05, 0) is 87.0 Å². The van der Waals surface area contributed by atoms with Gasteiger partial charge in [0.2, 0.25) is 0 Å². The first-order valence-corrected chi connectivity index (χ1v) is 15.3. The normalized spacial score (nSPS) is 14.2. The summed E-state index contributed by atoms with van der Waals surface area (Å²) in [6.45, 7) is 4.66. The van der Waals surface area contributed by atoms with Crippen molar-refractivity contribution in [1.29, 1.82) is 0 Å². The van der Waals surface area contributed by atoms with Crippen molar-refractivity contribution in [3.05, 3.63) is 82.0 Å². The molecule has 0 fully saturated rings. The van der Waals surface area contributed by atoms with Crippen molar-refractivity contribution in [1.82, 2.24) is 19.2 Å². The summed E-state index contributed by atoms with van der Waals surface area (Å²) in [4.78, 5) is 15.2. The number of nitrogens with zero attached hydrogens (tertiary/aromatic N) is 4. The third-order valence-corrected chi connectivity index (χ3v) is 8.84. The fraction of sp³-hybridized carbons (Fsp3) is 0.353. The number of aromatic nitrogens is 3. The molecule has 9 heteroatoms. The highest BCUT2D eigenvalue weighted by Gasteiger charge is 2.29. The number of aromatic carboxylic acids is 1. The molecule has 0 atom stereocenters. The van der Waals surface area contributed by atoms with Crippen LogP contribution in [0, 0.1) is 5.82 Å². The minimum Gasteiger partial charge on any atom is -0.493 e. The lowest BCUT2D eigenvalue weighted by atomic mass is 9.97. The Morgan fingerprint density at radius 3 is 2.65 bits per heavy atom. The van der Waals surface area contributed by atoms with E-state index in [0.29, 0.717) is 49.0 Å². The molecule has 6 rings (SSSR count). The van der Waals surface area contributed by atoms with Crippen LogP contribution in [0.4, 0.5) is 4.39 Å². The number of hydrogen-bond acceptors (Lipinski definition) is 4. The highest BCUT2D eigenvalue weighted by Crippen LogP contribution is 2.43. The van der Waals surface area contributed by atoms with Crippen LogP contribution in [-0.2, 0) is 33.0 Å². The van der Waals surface area contributed by atoms with Crippen LogP contribution in [0.5, 0.6) is 5.75 Å². The van der Waals surface area contributed by atoms with Crippen LogP contribution in [0.15, 0.2) is 48.5 Å². The van der Waals surface area contributed by atoms with Gasteiger partial charge in [-0.15, -0.1) is 0 Å². The van der Waals surface area contributed by atoms with Gasteiger partial charge in [0, 0.05) is 47.7 Å². The van der Waals surface area contributed by atoms with Gasteiger partial charge in [0.25, 0.3) is 0 Å². The van der Waals surface area contributed by atoms with Crippen LogP contribution in [-0.4, -0.2) is 50.5 Å². The van der Waals surface area contributed by atoms with Gasteiger partial charge in [0.15, 0.2) is 0 Å².